The van der Waals surface area contributed by atoms with Crippen molar-refractivity contribution in [2.45, 2.75) is 13.8 Å². The summed E-state index contributed by atoms with van der Waals surface area (Å²) in [5.41, 5.74) is 4.43. The second-order valence-corrected chi connectivity index (χ2v) is 5.25. The van der Waals surface area contributed by atoms with Gasteiger partial charge in [-0.3, -0.25) is 4.79 Å². The molecule has 5 nitrogen and oxygen atoms in total. The lowest BCUT2D eigenvalue weighted by atomic mass is 10.1. The van der Waals surface area contributed by atoms with Crippen LogP contribution in [0.4, 0.5) is 0 Å². The Morgan fingerprint density at radius 1 is 1.35 bits per heavy atom. The molecule has 0 radical (unpaired) electrons. The third-order valence-electron chi connectivity index (χ3n) is 3.03. The number of aryl methyl sites for hydroxylation is 1. The average Bonchev–Trinajstić information content (AvgIpc) is 2.50. The molecule has 0 spiro atoms. The fourth-order valence-electron chi connectivity index (χ4n) is 1.91. The van der Waals surface area contributed by atoms with Crippen molar-refractivity contribution in [3.05, 3.63) is 58.1 Å². The number of carbonyl (C=O) groups is 1. The number of nitrogens with one attached hydrogen (secondary N) is 1. The van der Waals surface area contributed by atoms with Gasteiger partial charge in [0.05, 0.1) is 23.4 Å². The van der Waals surface area contributed by atoms with Gasteiger partial charge in [0.1, 0.15) is 0 Å². The predicted molar refractivity (Wildman–Crippen MR) is 90.5 cm³/mol. The summed E-state index contributed by atoms with van der Waals surface area (Å²) in [5.74, 6) is 0.0267. The topological polar surface area (TPSA) is 70.9 Å². The van der Waals surface area contributed by atoms with Crippen LogP contribution in [-0.4, -0.2) is 23.8 Å². The molecule has 0 aliphatic rings. The van der Waals surface area contributed by atoms with Gasteiger partial charge in [0.15, 0.2) is 11.5 Å². The van der Waals surface area contributed by atoms with Crippen molar-refractivity contribution in [3.8, 4) is 11.5 Å². The van der Waals surface area contributed by atoms with Crippen LogP contribution in [0.5, 0.6) is 11.5 Å². The van der Waals surface area contributed by atoms with Crippen LogP contribution in [0.1, 0.15) is 28.4 Å². The van der Waals surface area contributed by atoms with Crippen molar-refractivity contribution in [1.82, 2.24) is 5.43 Å². The Morgan fingerprint density at radius 2 is 2.13 bits per heavy atom. The summed E-state index contributed by atoms with van der Waals surface area (Å²) < 4.78 is 5.28. The molecule has 0 aromatic heterocycles. The molecule has 0 saturated heterocycles. The first-order valence-electron chi connectivity index (χ1n) is 7.06. The number of phenolic OH excluding ortho intramolecular Hbond substituents is 1. The molecule has 1 amide bonds. The highest BCUT2D eigenvalue weighted by molar-refractivity contribution is 6.33. The number of halogens is 1. The second-order valence-electron chi connectivity index (χ2n) is 4.84. The second kappa shape index (κ2) is 7.65. The number of hydrazone groups is 1. The summed E-state index contributed by atoms with van der Waals surface area (Å²) in [4.78, 5) is 12.0. The summed E-state index contributed by atoms with van der Waals surface area (Å²) in [6.45, 7) is 4.16. The first-order valence-corrected chi connectivity index (χ1v) is 7.44. The van der Waals surface area contributed by atoms with E-state index in [1.165, 1.54) is 12.3 Å². The Morgan fingerprint density at radius 3 is 2.83 bits per heavy atom. The zero-order valence-corrected chi connectivity index (χ0v) is 13.6. The number of aromatic hydroxyl groups is 1. The van der Waals surface area contributed by atoms with E-state index in [4.69, 9.17) is 16.3 Å². The Hall–Kier alpha value is -2.53. The molecule has 6 heteroatoms. The van der Waals surface area contributed by atoms with Gasteiger partial charge in [-0.25, -0.2) is 5.43 Å². The summed E-state index contributed by atoms with van der Waals surface area (Å²) in [6.07, 6.45) is 1.46. The number of benzene rings is 2. The first-order chi connectivity index (χ1) is 11.0. The van der Waals surface area contributed by atoms with Gasteiger partial charge < -0.3 is 9.84 Å². The molecule has 2 N–H and O–H groups in total. The molecule has 0 heterocycles. The molecule has 0 aliphatic heterocycles. The highest BCUT2D eigenvalue weighted by atomic mass is 35.5. The molecule has 2 aromatic carbocycles. The van der Waals surface area contributed by atoms with Crippen molar-refractivity contribution in [1.29, 1.82) is 0 Å². The molecule has 0 unspecified atom stereocenters. The van der Waals surface area contributed by atoms with E-state index < -0.39 is 5.91 Å². The fourth-order valence-corrected chi connectivity index (χ4v) is 2.23. The normalized spacial score (nSPS) is 10.7. The number of carbonyl (C=O) groups excluding carboxylic acids is 1. The lowest BCUT2D eigenvalue weighted by Gasteiger charge is -2.06. The van der Waals surface area contributed by atoms with Gasteiger partial charge in [-0.2, -0.15) is 5.10 Å². The van der Waals surface area contributed by atoms with Gasteiger partial charge in [0.25, 0.3) is 5.91 Å². The summed E-state index contributed by atoms with van der Waals surface area (Å²) in [5, 5.41) is 13.9. The summed E-state index contributed by atoms with van der Waals surface area (Å²) >= 11 is 6.04. The first kappa shape index (κ1) is 16.8. The zero-order valence-electron chi connectivity index (χ0n) is 12.8. The van der Waals surface area contributed by atoms with Gasteiger partial charge in [-0.05, 0) is 55.3 Å². The number of phenols is 1. The number of ether oxygens (including phenoxy) is 1. The van der Waals surface area contributed by atoms with E-state index in [0.717, 1.165) is 5.56 Å². The predicted octanol–water partition coefficient (Wildman–Crippen LogP) is 3.52. The number of nitrogens with zero attached hydrogens (tertiary/aromatic N) is 1. The minimum atomic E-state index is -0.393. The fraction of sp³-hybridized carbons (Fsp3) is 0.176. The molecule has 0 saturated carbocycles. The van der Waals surface area contributed by atoms with E-state index in [1.54, 1.807) is 30.3 Å². The van der Waals surface area contributed by atoms with Gasteiger partial charge in [-0.15, -0.1) is 0 Å². The average molecular weight is 333 g/mol. The molecule has 0 aliphatic carbocycles. The van der Waals surface area contributed by atoms with Crippen LogP contribution in [0.3, 0.4) is 0 Å². The molecule has 120 valence electrons. The smallest absolute Gasteiger partial charge is 0.272 e. The van der Waals surface area contributed by atoms with Crippen LogP contribution in [0.15, 0.2) is 41.5 Å². The molecular formula is C17H17ClN2O3. The lowest BCUT2D eigenvalue weighted by molar-refractivity contribution is 0.0955. The maximum Gasteiger partial charge on any atom is 0.272 e. The number of amides is 1. The minimum absolute atomic E-state index is 0.0551. The monoisotopic (exact) mass is 332 g/mol. The zero-order chi connectivity index (χ0) is 16.8. The van der Waals surface area contributed by atoms with Crippen molar-refractivity contribution < 1.29 is 14.6 Å². The number of hydrogen-bond acceptors (Lipinski definition) is 4. The van der Waals surface area contributed by atoms with E-state index >= 15 is 0 Å². The third kappa shape index (κ3) is 4.47. The Balaban J connectivity index is 2.06. The minimum Gasteiger partial charge on any atom is -0.504 e. The standard InChI is InChI=1S/C17H17ClN2O3/c1-3-23-16-9-12(5-7-15(16)21)10-19-20-17(22)13-6-4-11(2)8-14(13)18/h4-10,21H,3H2,1-2H3,(H,20,22)/b19-10+. The lowest BCUT2D eigenvalue weighted by Crippen LogP contribution is -2.18. The van der Waals surface area contributed by atoms with E-state index in [2.05, 4.69) is 10.5 Å². The molecule has 2 rings (SSSR count). The maximum absolute atomic E-state index is 12.0. The SMILES string of the molecule is CCOc1cc(/C=N/NC(=O)c2ccc(C)cc2Cl)ccc1O. The van der Waals surface area contributed by atoms with Crippen molar-refractivity contribution >= 4 is 23.7 Å². The van der Waals surface area contributed by atoms with Crippen LogP contribution in [0, 0.1) is 6.92 Å². The van der Waals surface area contributed by atoms with Crippen molar-refractivity contribution in [2.75, 3.05) is 6.61 Å². The quantitative estimate of drug-likeness (QED) is 0.650. The van der Waals surface area contributed by atoms with Gasteiger partial charge >= 0.3 is 0 Å². The van der Waals surface area contributed by atoms with E-state index in [9.17, 15) is 9.90 Å². The Labute approximate surface area is 139 Å². The van der Waals surface area contributed by atoms with Gasteiger partial charge in [0.2, 0.25) is 0 Å². The van der Waals surface area contributed by atoms with Crippen LogP contribution in [0.25, 0.3) is 0 Å². The van der Waals surface area contributed by atoms with E-state index in [0.29, 0.717) is 28.5 Å². The van der Waals surface area contributed by atoms with Gasteiger partial charge in [0, 0.05) is 0 Å². The van der Waals surface area contributed by atoms with Crippen LogP contribution < -0.4 is 10.2 Å². The van der Waals surface area contributed by atoms with Crippen molar-refractivity contribution in [3.63, 3.8) is 0 Å². The molecule has 0 atom stereocenters. The van der Waals surface area contributed by atoms with E-state index in [1.807, 2.05) is 13.8 Å². The largest absolute Gasteiger partial charge is 0.504 e. The Bertz CT molecular complexity index is 745. The van der Waals surface area contributed by atoms with E-state index in [-0.39, 0.29) is 5.75 Å². The molecular weight excluding hydrogens is 316 g/mol. The number of rotatable bonds is 5. The highest BCUT2D eigenvalue weighted by Gasteiger charge is 2.09. The van der Waals surface area contributed by atoms with Crippen LogP contribution in [0.2, 0.25) is 5.02 Å². The summed E-state index contributed by atoms with van der Waals surface area (Å²) in [7, 11) is 0. The third-order valence-corrected chi connectivity index (χ3v) is 3.35. The van der Waals surface area contributed by atoms with Crippen LogP contribution in [-0.2, 0) is 0 Å². The van der Waals surface area contributed by atoms with Gasteiger partial charge in [-0.1, -0.05) is 17.7 Å². The molecule has 0 fully saturated rings. The van der Waals surface area contributed by atoms with Crippen LogP contribution >= 0.6 is 11.6 Å². The Kier molecular flexibility index (Phi) is 5.60. The maximum atomic E-state index is 12.0. The summed E-state index contributed by atoms with van der Waals surface area (Å²) in [6, 6.07) is 9.97. The highest BCUT2D eigenvalue weighted by Crippen LogP contribution is 2.26. The molecule has 0 bridgehead atoms. The molecule has 23 heavy (non-hydrogen) atoms. The number of hydrogen-bond donors (Lipinski definition) is 2. The van der Waals surface area contributed by atoms with Crippen molar-refractivity contribution in [2.24, 2.45) is 5.10 Å². The molecule has 2 aromatic rings.